The number of aliphatic carboxylic acids is 3. The van der Waals surface area contributed by atoms with Crippen LogP contribution in [0.2, 0.25) is 0 Å². The quantitative estimate of drug-likeness (QED) is 0.352. The van der Waals surface area contributed by atoms with Crippen molar-refractivity contribution in [1.29, 1.82) is 0 Å². The van der Waals surface area contributed by atoms with Crippen LogP contribution in [0.5, 0.6) is 0 Å². The Balaban J connectivity index is 2.88. The minimum absolute atomic E-state index is 0.0169. The van der Waals surface area contributed by atoms with E-state index in [0.717, 1.165) is 0 Å². The van der Waals surface area contributed by atoms with Crippen molar-refractivity contribution in [3.05, 3.63) is 0 Å². The molecule has 1 heterocycles. The fourth-order valence-corrected chi connectivity index (χ4v) is 3.55. The lowest BCUT2D eigenvalue weighted by molar-refractivity contribution is -0.138. The summed E-state index contributed by atoms with van der Waals surface area (Å²) >= 11 is 0. The predicted molar refractivity (Wildman–Crippen MR) is 118 cm³/mol. The molecule has 11 heteroatoms. The zero-order valence-corrected chi connectivity index (χ0v) is 19.1. The third kappa shape index (κ3) is 14.1. The molecule has 0 spiro atoms. The van der Waals surface area contributed by atoms with E-state index >= 15 is 0 Å². The van der Waals surface area contributed by atoms with E-state index in [-0.39, 0.29) is 25.0 Å². The SMILES string of the molecule is CC(=O)CCN1CCN(CCC(=O)O)CCN(CCC(=O)O)CCN(CCC(=O)O)CC1. The van der Waals surface area contributed by atoms with Crippen LogP contribution in [-0.4, -0.2) is 137 Å². The van der Waals surface area contributed by atoms with Gasteiger partial charge in [-0.15, -0.1) is 0 Å². The highest BCUT2D eigenvalue weighted by Crippen LogP contribution is 2.04. The van der Waals surface area contributed by atoms with Gasteiger partial charge in [0.15, 0.2) is 0 Å². The molecule has 0 radical (unpaired) electrons. The molecule has 1 rings (SSSR count). The third-order valence-corrected chi connectivity index (χ3v) is 5.64. The lowest BCUT2D eigenvalue weighted by Crippen LogP contribution is -2.47. The van der Waals surface area contributed by atoms with Crippen LogP contribution < -0.4 is 0 Å². The van der Waals surface area contributed by atoms with E-state index in [1.54, 1.807) is 6.92 Å². The number of Topliss-reactive ketones (excluding diaryl/α,β-unsaturated/α-hetero) is 1. The molecule has 1 aliphatic rings. The number of ketones is 1. The van der Waals surface area contributed by atoms with Gasteiger partial charge in [-0.2, -0.15) is 0 Å². The number of rotatable bonds is 12. The Hall–Kier alpha value is -2.08. The highest BCUT2D eigenvalue weighted by Gasteiger charge is 2.18. The molecule has 3 N–H and O–H groups in total. The topological polar surface area (TPSA) is 142 Å². The van der Waals surface area contributed by atoms with E-state index in [1.807, 2.05) is 4.90 Å². The van der Waals surface area contributed by atoms with Gasteiger partial charge in [-0.1, -0.05) is 0 Å². The minimum atomic E-state index is -0.873. The Morgan fingerprint density at radius 1 is 0.500 bits per heavy atom. The van der Waals surface area contributed by atoms with Crippen LogP contribution in [0.4, 0.5) is 0 Å². The molecule has 0 aliphatic carbocycles. The number of carboxylic acids is 3. The van der Waals surface area contributed by atoms with E-state index in [1.165, 1.54) is 0 Å². The van der Waals surface area contributed by atoms with Crippen LogP contribution in [0.1, 0.15) is 32.6 Å². The molecule has 1 aliphatic heterocycles. The summed E-state index contributed by atoms with van der Waals surface area (Å²) in [6, 6.07) is 0. The van der Waals surface area contributed by atoms with Crippen LogP contribution >= 0.6 is 0 Å². The second-order valence-corrected chi connectivity index (χ2v) is 8.25. The monoisotopic (exact) mass is 458 g/mol. The minimum Gasteiger partial charge on any atom is -0.481 e. The van der Waals surface area contributed by atoms with Gasteiger partial charge in [0.25, 0.3) is 0 Å². The molecule has 0 aromatic heterocycles. The van der Waals surface area contributed by atoms with E-state index in [4.69, 9.17) is 15.3 Å². The summed E-state index contributed by atoms with van der Waals surface area (Å²) < 4.78 is 0. The van der Waals surface area contributed by atoms with Crippen LogP contribution in [-0.2, 0) is 19.2 Å². The summed E-state index contributed by atoms with van der Waals surface area (Å²) in [6.07, 6.45) is 0.521. The van der Waals surface area contributed by atoms with Crippen LogP contribution in [0, 0.1) is 0 Å². The Labute approximate surface area is 189 Å². The lowest BCUT2D eigenvalue weighted by atomic mass is 10.2. The van der Waals surface area contributed by atoms with Crippen LogP contribution in [0.3, 0.4) is 0 Å². The first kappa shape index (κ1) is 28.0. The molecule has 0 amide bonds. The zero-order valence-electron chi connectivity index (χ0n) is 19.1. The summed E-state index contributed by atoms with van der Waals surface area (Å²) in [6.45, 7) is 8.45. The number of carbonyl (C=O) groups is 4. The van der Waals surface area contributed by atoms with Crippen molar-refractivity contribution in [2.45, 2.75) is 32.6 Å². The maximum Gasteiger partial charge on any atom is 0.304 e. The Kier molecular flexibility index (Phi) is 13.7. The van der Waals surface area contributed by atoms with Gasteiger partial charge in [0.1, 0.15) is 5.78 Å². The maximum atomic E-state index is 11.5. The summed E-state index contributed by atoms with van der Waals surface area (Å²) in [7, 11) is 0. The summed E-state index contributed by atoms with van der Waals surface area (Å²) in [5.74, 6) is -2.49. The van der Waals surface area contributed by atoms with E-state index in [0.29, 0.717) is 85.0 Å². The molecule has 0 aromatic carbocycles. The van der Waals surface area contributed by atoms with Gasteiger partial charge in [-0.05, 0) is 6.92 Å². The second-order valence-electron chi connectivity index (χ2n) is 8.25. The van der Waals surface area contributed by atoms with E-state index < -0.39 is 17.9 Å². The van der Waals surface area contributed by atoms with E-state index in [9.17, 15) is 19.2 Å². The predicted octanol–water partition coefficient (Wildman–Crippen LogP) is -0.389. The summed E-state index contributed by atoms with van der Waals surface area (Å²) in [4.78, 5) is 53.0. The lowest BCUT2D eigenvalue weighted by Gasteiger charge is -2.34. The van der Waals surface area contributed by atoms with Crippen molar-refractivity contribution in [3.63, 3.8) is 0 Å². The standard InChI is InChI=1S/C21H38N4O7/c1-18(26)2-6-22-10-12-23(7-3-19(27)28)14-16-25(9-5-21(31)32)17-15-24(13-11-22)8-4-20(29)30/h2-17H2,1H3,(H,27,28)(H,29,30)(H,31,32). The van der Waals surface area contributed by atoms with Gasteiger partial charge in [0, 0.05) is 85.0 Å². The molecule has 0 unspecified atom stereocenters. The molecule has 32 heavy (non-hydrogen) atoms. The first-order chi connectivity index (χ1) is 15.2. The average molecular weight is 459 g/mol. The first-order valence-electron chi connectivity index (χ1n) is 11.2. The fourth-order valence-electron chi connectivity index (χ4n) is 3.55. The Morgan fingerprint density at radius 2 is 0.719 bits per heavy atom. The van der Waals surface area contributed by atoms with Crippen molar-refractivity contribution in [2.24, 2.45) is 0 Å². The largest absolute Gasteiger partial charge is 0.481 e. The zero-order chi connectivity index (χ0) is 23.9. The second kappa shape index (κ2) is 15.7. The Morgan fingerprint density at radius 3 is 0.906 bits per heavy atom. The normalized spacial score (nSPS) is 18.5. The Bertz CT molecular complexity index is 497. The molecule has 11 nitrogen and oxygen atoms in total. The van der Waals surface area contributed by atoms with Gasteiger partial charge in [0.05, 0.1) is 19.3 Å². The van der Waals surface area contributed by atoms with Gasteiger partial charge in [0.2, 0.25) is 0 Å². The number of carbonyl (C=O) groups excluding carboxylic acids is 1. The van der Waals surface area contributed by atoms with Crippen molar-refractivity contribution in [1.82, 2.24) is 19.6 Å². The van der Waals surface area contributed by atoms with Crippen molar-refractivity contribution >= 4 is 23.7 Å². The summed E-state index contributed by atoms with van der Waals surface area (Å²) in [5.41, 5.74) is 0. The molecule has 0 bridgehead atoms. The van der Waals surface area contributed by atoms with Crippen molar-refractivity contribution in [2.75, 3.05) is 78.5 Å². The number of carboxylic acid groups (broad SMARTS) is 3. The van der Waals surface area contributed by atoms with Gasteiger partial charge in [-0.25, -0.2) is 0 Å². The highest BCUT2D eigenvalue weighted by atomic mass is 16.4. The molecule has 1 fully saturated rings. The molecule has 0 saturated carbocycles. The van der Waals surface area contributed by atoms with E-state index in [2.05, 4.69) is 14.7 Å². The number of hydrogen-bond acceptors (Lipinski definition) is 8. The highest BCUT2D eigenvalue weighted by molar-refractivity contribution is 5.75. The van der Waals surface area contributed by atoms with Crippen molar-refractivity contribution < 1.29 is 34.5 Å². The number of nitrogens with zero attached hydrogens (tertiary/aromatic N) is 4. The van der Waals surface area contributed by atoms with Gasteiger partial charge < -0.3 is 34.9 Å². The smallest absolute Gasteiger partial charge is 0.304 e. The molecular weight excluding hydrogens is 420 g/mol. The molecule has 0 atom stereocenters. The molecular formula is C21H38N4O7. The fraction of sp³-hybridized carbons (Fsp3) is 0.810. The number of hydrogen-bond donors (Lipinski definition) is 3. The molecule has 184 valence electrons. The van der Waals surface area contributed by atoms with Crippen LogP contribution in [0.25, 0.3) is 0 Å². The van der Waals surface area contributed by atoms with Gasteiger partial charge in [-0.3, -0.25) is 19.2 Å². The maximum absolute atomic E-state index is 11.5. The third-order valence-electron chi connectivity index (χ3n) is 5.64. The van der Waals surface area contributed by atoms with Crippen molar-refractivity contribution in [3.8, 4) is 0 Å². The summed E-state index contributed by atoms with van der Waals surface area (Å²) in [5, 5.41) is 27.2. The first-order valence-corrected chi connectivity index (χ1v) is 11.2. The van der Waals surface area contributed by atoms with Gasteiger partial charge >= 0.3 is 17.9 Å². The average Bonchev–Trinajstić information content (AvgIpc) is 2.70. The van der Waals surface area contributed by atoms with Crippen LogP contribution in [0.15, 0.2) is 0 Å². The molecule has 1 saturated heterocycles. The molecule has 0 aromatic rings.